The van der Waals surface area contributed by atoms with Crippen LogP contribution in [0.15, 0.2) is 40.1 Å². The van der Waals surface area contributed by atoms with Gasteiger partial charge in [-0.15, -0.1) is 0 Å². The molecule has 1 aliphatic heterocycles. The Balaban J connectivity index is 2.15. The third kappa shape index (κ3) is 3.52. The molecule has 100 valence electrons. The number of carbonyl (C=O) groups excluding carboxylic acids is 2. The van der Waals surface area contributed by atoms with Crippen LogP contribution in [0.3, 0.4) is 0 Å². The molecule has 0 aliphatic carbocycles. The molecular formula is C13H11ClO4S. The standard InChI is InChI=1S/C13H11ClO4S/c1-13(2)17-11(15)10(12(16)18-13)7-19-9-5-3-4-8(14)6-9/h3-7H,1-2H3. The zero-order valence-electron chi connectivity index (χ0n) is 10.3. The lowest BCUT2D eigenvalue weighted by molar-refractivity contribution is -0.222. The van der Waals surface area contributed by atoms with Crippen molar-refractivity contribution in [1.82, 2.24) is 0 Å². The summed E-state index contributed by atoms with van der Waals surface area (Å²) in [6.07, 6.45) is 0. The van der Waals surface area contributed by atoms with Crippen LogP contribution in [0.4, 0.5) is 0 Å². The second kappa shape index (κ2) is 5.27. The lowest BCUT2D eigenvalue weighted by Gasteiger charge is -2.29. The molecule has 0 spiro atoms. The summed E-state index contributed by atoms with van der Waals surface area (Å²) in [7, 11) is 0. The number of esters is 2. The highest BCUT2D eigenvalue weighted by molar-refractivity contribution is 8.02. The quantitative estimate of drug-likeness (QED) is 0.363. The van der Waals surface area contributed by atoms with Crippen molar-refractivity contribution in [3.05, 3.63) is 40.3 Å². The van der Waals surface area contributed by atoms with Crippen LogP contribution in [0.1, 0.15) is 13.8 Å². The summed E-state index contributed by atoms with van der Waals surface area (Å²) in [6, 6.07) is 7.07. The summed E-state index contributed by atoms with van der Waals surface area (Å²) in [5.41, 5.74) is -0.121. The van der Waals surface area contributed by atoms with Crippen LogP contribution in [-0.4, -0.2) is 17.7 Å². The van der Waals surface area contributed by atoms with E-state index in [0.29, 0.717) is 5.02 Å². The Morgan fingerprint density at radius 1 is 1.21 bits per heavy atom. The number of halogens is 1. The molecule has 0 N–H and O–H groups in total. The number of rotatable bonds is 2. The molecule has 1 aromatic carbocycles. The van der Waals surface area contributed by atoms with Crippen molar-refractivity contribution in [2.45, 2.75) is 24.5 Å². The summed E-state index contributed by atoms with van der Waals surface area (Å²) in [4.78, 5) is 24.2. The van der Waals surface area contributed by atoms with E-state index in [0.717, 1.165) is 4.90 Å². The van der Waals surface area contributed by atoms with Gasteiger partial charge < -0.3 is 9.47 Å². The minimum atomic E-state index is -1.22. The maximum Gasteiger partial charge on any atom is 0.349 e. The Morgan fingerprint density at radius 2 is 1.84 bits per heavy atom. The molecule has 1 aromatic rings. The number of ether oxygens (including phenoxy) is 2. The van der Waals surface area contributed by atoms with Gasteiger partial charge in [0.1, 0.15) is 0 Å². The summed E-state index contributed by atoms with van der Waals surface area (Å²) in [6.45, 7) is 3.01. The third-order valence-electron chi connectivity index (χ3n) is 2.23. The van der Waals surface area contributed by atoms with Crippen LogP contribution in [0.2, 0.25) is 5.02 Å². The Hall–Kier alpha value is -1.46. The van der Waals surface area contributed by atoms with Gasteiger partial charge in [-0.1, -0.05) is 29.4 Å². The van der Waals surface area contributed by atoms with E-state index in [1.165, 1.54) is 31.0 Å². The number of hydrogen-bond donors (Lipinski definition) is 0. The summed E-state index contributed by atoms with van der Waals surface area (Å²) in [5.74, 6) is -2.58. The number of benzene rings is 1. The van der Waals surface area contributed by atoms with E-state index < -0.39 is 17.7 Å². The molecule has 2 rings (SSSR count). The van der Waals surface area contributed by atoms with Crippen LogP contribution in [0.5, 0.6) is 0 Å². The van der Waals surface area contributed by atoms with Crippen LogP contribution in [0, 0.1) is 0 Å². The van der Waals surface area contributed by atoms with Crippen molar-refractivity contribution in [3.63, 3.8) is 0 Å². The van der Waals surface area contributed by atoms with Crippen LogP contribution in [0.25, 0.3) is 0 Å². The summed E-state index contributed by atoms with van der Waals surface area (Å²) >= 11 is 7.04. The predicted octanol–water partition coefficient (Wildman–Crippen LogP) is 3.15. The highest BCUT2D eigenvalue weighted by Gasteiger charge is 2.38. The zero-order chi connectivity index (χ0) is 14.0. The molecule has 0 radical (unpaired) electrons. The minimum absolute atomic E-state index is 0.121. The molecule has 0 aromatic heterocycles. The number of thioether (sulfide) groups is 1. The van der Waals surface area contributed by atoms with Crippen molar-refractivity contribution in [2.24, 2.45) is 0 Å². The largest absolute Gasteiger partial charge is 0.419 e. The van der Waals surface area contributed by atoms with E-state index in [9.17, 15) is 9.59 Å². The van der Waals surface area contributed by atoms with E-state index in [4.69, 9.17) is 21.1 Å². The van der Waals surface area contributed by atoms with Crippen LogP contribution >= 0.6 is 23.4 Å². The Bertz CT molecular complexity index is 544. The molecule has 1 fully saturated rings. The smallest absolute Gasteiger partial charge is 0.349 e. The van der Waals surface area contributed by atoms with Crippen molar-refractivity contribution in [1.29, 1.82) is 0 Å². The van der Waals surface area contributed by atoms with Gasteiger partial charge in [0.15, 0.2) is 5.57 Å². The van der Waals surface area contributed by atoms with Gasteiger partial charge in [-0.05, 0) is 23.6 Å². The molecule has 0 bridgehead atoms. The number of carbonyl (C=O) groups is 2. The number of cyclic esters (lactones) is 2. The SMILES string of the molecule is CC1(C)OC(=O)C(=CSc2cccc(Cl)c2)C(=O)O1. The van der Waals surface area contributed by atoms with E-state index in [1.54, 1.807) is 18.2 Å². The van der Waals surface area contributed by atoms with Crippen molar-refractivity contribution >= 4 is 35.3 Å². The van der Waals surface area contributed by atoms with Gasteiger partial charge in [-0.3, -0.25) is 0 Å². The Morgan fingerprint density at radius 3 is 2.42 bits per heavy atom. The predicted molar refractivity (Wildman–Crippen MR) is 71.7 cm³/mol. The first-order chi connectivity index (χ1) is 8.87. The fourth-order valence-corrected chi connectivity index (χ4v) is 2.48. The van der Waals surface area contributed by atoms with Gasteiger partial charge in [0.2, 0.25) is 0 Å². The lowest BCUT2D eigenvalue weighted by atomic mass is 10.2. The van der Waals surface area contributed by atoms with E-state index in [2.05, 4.69) is 0 Å². The highest BCUT2D eigenvalue weighted by atomic mass is 35.5. The molecule has 1 saturated heterocycles. The van der Waals surface area contributed by atoms with Crippen LogP contribution < -0.4 is 0 Å². The zero-order valence-corrected chi connectivity index (χ0v) is 11.9. The van der Waals surface area contributed by atoms with E-state index in [1.807, 2.05) is 6.07 Å². The van der Waals surface area contributed by atoms with Gasteiger partial charge in [0.05, 0.1) is 0 Å². The maximum atomic E-state index is 11.7. The van der Waals surface area contributed by atoms with Crippen molar-refractivity contribution < 1.29 is 19.1 Å². The molecule has 1 heterocycles. The average molecular weight is 299 g/mol. The lowest BCUT2D eigenvalue weighted by Crippen LogP contribution is -2.41. The normalized spacial score (nSPS) is 17.7. The molecular weight excluding hydrogens is 288 g/mol. The second-order valence-electron chi connectivity index (χ2n) is 4.29. The van der Waals surface area contributed by atoms with E-state index >= 15 is 0 Å². The van der Waals surface area contributed by atoms with Crippen molar-refractivity contribution in [3.8, 4) is 0 Å². The fraction of sp³-hybridized carbons (Fsp3) is 0.231. The van der Waals surface area contributed by atoms with Crippen LogP contribution in [-0.2, 0) is 19.1 Å². The molecule has 19 heavy (non-hydrogen) atoms. The second-order valence-corrected chi connectivity index (χ2v) is 5.66. The van der Waals surface area contributed by atoms with Crippen molar-refractivity contribution in [2.75, 3.05) is 0 Å². The van der Waals surface area contributed by atoms with Gasteiger partial charge >= 0.3 is 11.9 Å². The van der Waals surface area contributed by atoms with Gasteiger partial charge in [-0.2, -0.15) is 0 Å². The summed E-state index contributed by atoms with van der Waals surface area (Å²) < 4.78 is 9.96. The van der Waals surface area contributed by atoms with Gasteiger partial charge in [0.25, 0.3) is 5.79 Å². The average Bonchev–Trinajstić information content (AvgIpc) is 2.26. The molecule has 4 nitrogen and oxygen atoms in total. The molecule has 6 heteroatoms. The number of hydrogen-bond acceptors (Lipinski definition) is 5. The van der Waals surface area contributed by atoms with Gasteiger partial charge in [0, 0.05) is 23.8 Å². The molecule has 0 atom stereocenters. The van der Waals surface area contributed by atoms with E-state index in [-0.39, 0.29) is 5.57 Å². The fourth-order valence-electron chi connectivity index (χ4n) is 1.42. The molecule has 0 unspecified atom stereocenters. The first-order valence-electron chi connectivity index (χ1n) is 5.46. The molecule has 1 aliphatic rings. The molecule has 0 saturated carbocycles. The summed E-state index contributed by atoms with van der Waals surface area (Å²) in [5, 5.41) is 1.99. The Labute approximate surface area is 119 Å². The third-order valence-corrected chi connectivity index (χ3v) is 3.34. The topological polar surface area (TPSA) is 52.6 Å². The minimum Gasteiger partial charge on any atom is -0.419 e. The molecule has 0 amide bonds. The monoisotopic (exact) mass is 298 g/mol. The maximum absolute atomic E-state index is 11.7. The van der Waals surface area contributed by atoms with Gasteiger partial charge in [-0.25, -0.2) is 9.59 Å². The first kappa shape index (κ1) is 14.0. The highest BCUT2D eigenvalue weighted by Crippen LogP contribution is 2.28. The first-order valence-corrected chi connectivity index (χ1v) is 6.72. The Kier molecular flexibility index (Phi) is 3.87.